The molecule has 0 unspecified atom stereocenters. The number of carbonyl (C=O) groups is 2. The van der Waals surface area contributed by atoms with Gasteiger partial charge < -0.3 is 19.7 Å². The minimum atomic E-state index is -0.296. The Morgan fingerprint density at radius 2 is 1.86 bits per heavy atom. The Morgan fingerprint density at radius 3 is 2.48 bits per heavy atom. The molecule has 2 aliphatic heterocycles. The lowest BCUT2D eigenvalue weighted by Crippen LogP contribution is -2.50. The Morgan fingerprint density at radius 1 is 1.21 bits per heavy atom. The van der Waals surface area contributed by atoms with E-state index < -0.39 is 0 Å². The highest BCUT2D eigenvalue weighted by Gasteiger charge is 2.32. The first-order chi connectivity index (χ1) is 13.9. The van der Waals surface area contributed by atoms with E-state index in [1.807, 2.05) is 24.8 Å². The summed E-state index contributed by atoms with van der Waals surface area (Å²) >= 11 is 6.14. The van der Waals surface area contributed by atoms with Crippen molar-refractivity contribution in [2.45, 2.75) is 32.7 Å². The molecule has 2 fully saturated rings. The monoisotopic (exact) mass is 423 g/mol. The third-order valence-corrected chi connectivity index (χ3v) is 6.27. The first kappa shape index (κ1) is 21.9. The lowest BCUT2D eigenvalue weighted by molar-refractivity contribution is -0.141. The highest BCUT2D eigenvalue weighted by Crippen LogP contribution is 2.31. The second kappa shape index (κ2) is 9.78. The molecule has 2 aliphatic rings. The first-order valence-corrected chi connectivity index (χ1v) is 10.5. The zero-order chi connectivity index (χ0) is 21.0. The minimum absolute atomic E-state index is 0.0404. The van der Waals surface area contributed by atoms with Crippen molar-refractivity contribution >= 4 is 29.1 Å². The number of carbonyl (C=O) groups excluding carboxylic acids is 2. The highest BCUT2D eigenvalue weighted by molar-refractivity contribution is 6.31. The zero-order valence-corrected chi connectivity index (χ0v) is 18.1. The van der Waals surface area contributed by atoms with Gasteiger partial charge >= 0.3 is 0 Å². The van der Waals surface area contributed by atoms with Crippen LogP contribution in [0.5, 0.6) is 5.75 Å². The van der Waals surface area contributed by atoms with E-state index in [0.29, 0.717) is 42.8 Å². The van der Waals surface area contributed by atoms with Gasteiger partial charge in [0.05, 0.1) is 32.1 Å². The summed E-state index contributed by atoms with van der Waals surface area (Å²) in [6.07, 6.45) is 1.55. The molecule has 1 aromatic rings. The number of nitrogens with zero attached hydrogens (tertiary/aromatic N) is 2. The van der Waals surface area contributed by atoms with Crippen LogP contribution < -0.4 is 10.1 Å². The number of rotatable bonds is 5. The van der Waals surface area contributed by atoms with Crippen molar-refractivity contribution in [2.24, 2.45) is 5.92 Å². The molecule has 2 saturated heterocycles. The summed E-state index contributed by atoms with van der Waals surface area (Å²) in [5.41, 5.74) is 1.49. The Kier molecular flexibility index (Phi) is 7.38. The van der Waals surface area contributed by atoms with Crippen LogP contribution in [0.4, 0.5) is 5.69 Å². The molecule has 0 aromatic heterocycles. The van der Waals surface area contributed by atoms with Crippen molar-refractivity contribution in [2.75, 3.05) is 51.8 Å². The van der Waals surface area contributed by atoms with Crippen LogP contribution in [0, 0.1) is 12.8 Å². The number of ether oxygens (including phenoxy) is 2. The molecular weight excluding hydrogens is 394 g/mol. The van der Waals surface area contributed by atoms with Gasteiger partial charge in [-0.2, -0.15) is 0 Å². The second-order valence-corrected chi connectivity index (χ2v) is 8.12. The van der Waals surface area contributed by atoms with Crippen molar-refractivity contribution < 1.29 is 19.1 Å². The lowest BCUT2D eigenvalue weighted by Gasteiger charge is -2.37. The topological polar surface area (TPSA) is 71.1 Å². The van der Waals surface area contributed by atoms with Crippen molar-refractivity contribution in [3.8, 4) is 5.75 Å². The molecule has 3 rings (SSSR count). The number of methoxy groups -OCH3 is 1. The normalized spacial score (nSPS) is 19.7. The summed E-state index contributed by atoms with van der Waals surface area (Å²) in [5, 5.41) is 3.56. The summed E-state index contributed by atoms with van der Waals surface area (Å²) < 4.78 is 10.7. The molecule has 0 aliphatic carbocycles. The fourth-order valence-corrected chi connectivity index (χ4v) is 4.06. The maximum atomic E-state index is 12.8. The van der Waals surface area contributed by atoms with Gasteiger partial charge in [-0.05, 0) is 51.4 Å². The van der Waals surface area contributed by atoms with Gasteiger partial charge in [-0.15, -0.1) is 0 Å². The SMILES string of the molecule is COc1cc(Cl)c(C)cc1NC(=O)[C@@H](C)N1CCC(C(=O)N2CCOCC2)CC1. The molecule has 29 heavy (non-hydrogen) atoms. The molecule has 0 radical (unpaired) electrons. The average molecular weight is 424 g/mol. The number of benzene rings is 1. The van der Waals surface area contributed by atoms with Crippen molar-refractivity contribution in [1.29, 1.82) is 0 Å². The third-order valence-electron chi connectivity index (χ3n) is 5.87. The number of nitrogens with one attached hydrogen (secondary N) is 1. The number of likely N-dealkylation sites (tertiary alicyclic amines) is 1. The van der Waals surface area contributed by atoms with E-state index in [9.17, 15) is 9.59 Å². The maximum Gasteiger partial charge on any atom is 0.241 e. The minimum Gasteiger partial charge on any atom is -0.495 e. The van der Waals surface area contributed by atoms with Gasteiger partial charge in [0.2, 0.25) is 11.8 Å². The molecular formula is C21H30ClN3O4. The summed E-state index contributed by atoms with van der Waals surface area (Å²) in [5.74, 6) is 0.712. The summed E-state index contributed by atoms with van der Waals surface area (Å²) in [4.78, 5) is 29.5. The molecule has 0 bridgehead atoms. The van der Waals surface area contributed by atoms with Crippen molar-refractivity contribution in [1.82, 2.24) is 9.80 Å². The lowest BCUT2D eigenvalue weighted by atomic mass is 9.94. The number of hydrogen-bond acceptors (Lipinski definition) is 5. The average Bonchev–Trinajstić information content (AvgIpc) is 2.75. The van der Waals surface area contributed by atoms with E-state index in [-0.39, 0.29) is 23.8 Å². The Hall–Kier alpha value is -1.83. The number of amides is 2. The van der Waals surface area contributed by atoms with Gasteiger partial charge in [0.15, 0.2) is 0 Å². The van der Waals surface area contributed by atoms with Crippen LogP contribution in [0.15, 0.2) is 12.1 Å². The Balaban J connectivity index is 1.55. The fourth-order valence-electron chi connectivity index (χ4n) is 3.91. The van der Waals surface area contributed by atoms with Crippen molar-refractivity contribution in [3.05, 3.63) is 22.7 Å². The molecule has 8 heteroatoms. The molecule has 1 N–H and O–H groups in total. The number of halogens is 1. The largest absolute Gasteiger partial charge is 0.495 e. The Labute approximate surface area is 177 Å². The van der Waals surface area contributed by atoms with Crippen molar-refractivity contribution in [3.63, 3.8) is 0 Å². The van der Waals surface area contributed by atoms with Crippen LogP contribution >= 0.6 is 11.6 Å². The molecule has 1 aromatic carbocycles. The first-order valence-electron chi connectivity index (χ1n) is 10.2. The Bertz CT molecular complexity index is 744. The quantitative estimate of drug-likeness (QED) is 0.788. The number of hydrogen-bond donors (Lipinski definition) is 1. The molecule has 0 saturated carbocycles. The summed E-state index contributed by atoms with van der Waals surface area (Å²) in [6.45, 7) is 7.84. The fraction of sp³-hybridized carbons (Fsp3) is 0.619. The van der Waals surface area contributed by atoms with Crippen LogP contribution in [-0.4, -0.2) is 74.2 Å². The number of anilines is 1. The summed E-state index contributed by atoms with van der Waals surface area (Å²) in [6, 6.07) is 3.23. The van der Waals surface area contributed by atoms with Gasteiger partial charge in [0, 0.05) is 30.1 Å². The van der Waals surface area contributed by atoms with Crippen LogP contribution in [0.3, 0.4) is 0 Å². The van der Waals surface area contributed by atoms with E-state index in [1.165, 1.54) is 0 Å². The van der Waals surface area contributed by atoms with Crippen LogP contribution in [0.25, 0.3) is 0 Å². The van der Waals surface area contributed by atoms with Crippen LogP contribution in [0.2, 0.25) is 5.02 Å². The van der Waals surface area contributed by atoms with E-state index >= 15 is 0 Å². The van der Waals surface area contributed by atoms with Gasteiger partial charge in [-0.3, -0.25) is 14.5 Å². The highest BCUT2D eigenvalue weighted by atomic mass is 35.5. The predicted octanol–water partition coefficient (Wildman–Crippen LogP) is 2.55. The number of aryl methyl sites for hydroxylation is 1. The van der Waals surface area contributed by atoms with E-state index in [1.54, 1.807) is 13.2 Å². The van der Waals surface area contributed by atoms with Gasteiger partial charge in [-0.25, -0.2) is 0 Å². The standard InChI is InChI=1S/C21H30ClN3O4/c1-14-12-18(19(28-3)13-17(14)22)23-20(26)15(2)24-6-4-16(5-7-24)21(27)25-8-10-29-11-9-25/h12-13,15-16H,4-11H2,1-3H3,(H,23,26)/t15-/m1/s1. The van der Waals surface area contributed by atoms with E-state index in [2.05, 4.69) is 10.2 Å². The zero-order valence-electron chi connectivity index (χ0n) is 17.4. The summed E-state index contributed by atoms with van der Waals surface area (Å²) in [7, 11) is 1.55. The van der Waals surface area contributed by atoms with E-state index in [0.717, 1.165) is 31.5 Å². The van der Waals surface area contributed by atoms with Gasteiger partial charge in [0.25, 0.3) is 0 Å². The van der Waals surface area contributed by atoms with Gasteiger partial charge in [-0.1, -0.05) is 11.6 Å². The van der Waals surface area contributed by atoms with Crippen LogP contribution in [0.1, 0.15) is 25.3 Å². The van der Waals surface area contributed by atoms with Gasteiger partial charge in [0.1, 0.15) is 5.75 Å². The predicted molar refractivity (Wildman–Crippen MR) is 113 cm³/mol. The van der Waals surface area contributed by atoms with E-state index in [4.69, 9.17) is 21.1 Å². The second-order valence-electron chi connectivity index (χ2n) is 7.71. The van der Waals surface area contributed by atoms with Crippen LogP contribution in [-0.2, 0) is 14.3 Å². The number of morpholine rings is 1. The molecule has 0 spiro atoms. The molecule has 160 valence electrons. The molecule has 2 heterocycles. The molecule has 7 nitrogen and oxygen atoms in total. The molecule has 1 atom stereocenters. The maximum absolute atomic E-state index is 12.8. The third kappa shape index (κ3) is 5.21. The smallest absolute Gasteiger partial charge is 0.241 e. The molecule has 2 amide bonds. The number of piperidine rings is 1.